The highest BCUT2D eigenvalue weighted by Crippen LogP contribution is 2.42. The molecule has 0 amide bonds. The molecule has 17 heavy (non-hydrogen) atoms. The van der Waals surface area contributed by atoms with E-state index in [1.54, 1.807) is 7.11 Å². The second-order valence-corrected chi connectivity index (χ2v) is 5.22. The molecule has 0 spiro atoms. The molecular formula is C14H21NO2. The summed E-state index contributed by atoms with van der Waals surface area (Å²) in [5.41, 5.74) is 1.52. The zero-order valence-corrected chi connectivity index (χ0v) is 10.8. The van der Waals surface area contributed by atoms with Crippen molar-refractivity contribution >= 4 is 0 Å². The van der Waals surface area contributed by atoms with E-state index >= 15 is 0 Å². The minimum atomic E-state index is -0.811. The van der Waals surface area contributed by atoms with Gasteiger partial charge in [0.05, 0.1) is 12.2 Å². The van der Waals surface area contributed by atoms with Gasteiger partial charge in [0.25, 0.3) is 0 Å². The van der Waals surface area contributed by atoms with Crippen molar-refractivity contribution in [3.05, 3.63) is 29.6 Å². The fourth-order valence-corrected chi connectivity index (χ4v) is 2.80. The second kappa shape index (κ2) is 4.75. The van der Waals surface area contributed by atoms with E-state index in [2.05, 4.69) is 11.1 Å². The lowest BCUT2D eigenvalue weighted by Gasteiger charge is -2.37. The van der Waals surface area contributed by atoms with Crippen LogP contribution in [0.25, 0.3) is 0 Å². The number of nitrogens with zero attached hydrogens (tertiary/aromatic N) is 1. The maximum atomic E-state index is 10.9. The number of hydrogen-bond donors (Lipinski definition) is 1. The average molecular weight is 235 g/mol. The third kappa shape index (κ3) is 2.09. The molecule has 1 N–H and O–H groups in total. The van der Waals surface area contributed by atoms with E-state index in [0.717, 1.165) is 18.5 Å². The molecule has 0 fully saturated rings. The smallest absolute Gasteiger partial charge is 0.0985 e. The monoisotopic (exact) mass is 235 g/mol. The van der Waals surface area contributed by atoms with E-state index in [1.807, 2.05) is 26.1 Å². The molecule has 94 valence electrons. The van der Waals surface area contributed by atoms with Crippen LogP contribution >= 0.6 is 0 Å². The SMILES string of the molecule is COCC(O)(C(C)C)C1CCc2cccnc21. The van der Waals surface area contributed by atoms with Gasteiger partial charge in [-0.1, -0.05) is 19.9 Å². The largest absolute Gasteiger partial charge is 0.387 e. The average Bonchev–Trinajstić information content (AvgIpc) is 2.73. The first-order valence-corrected chi connectivity index (χ1v) is 6.24. The van der Waals surface area contributed by atoms with Gasteiger partial charge in [-0.15, -0.1) is 0 Å². The van der Waals surface area contributed by atoms with Gasteiger partial charge in [-0.05, 0) is 30.4 Å². The van der Waals surface area contributed by atoms with E-state index in [4.69, 9.17) is 4.74 Å². The van der Waals surface area contributed by atoms with Gasteiger partial charge in [0.1, 0.15) is 0 Å². The fraction of sp³-hybridized carbons (Fsp3) is 0.643. The van der Waals surface area contributed by atoms with Gasteiger partial charge in [0.2, 0.25) is 0 Å². The minimum absolute atomic E-state index is 0.0960. The number of aryl methyl sites for hydroxylation is 1. The maximum absolute atomic E-state index is 10.9. The number of rotatable bonds is 4. The van der Waals surface area contributed by atoms with Crippen molar-refractivity contribution in [2.45, 2.75) is 38.2 Å². The number of aromatic nitrogens is 1. The summed E-state index contributed by atoms with van der Waals surface area (Å²) in [7, 11) is 1.64. The Bertz CT molecular complexity index is 392. The zero-order valence-electron chi connectivity index (χ0n) is 10.8. The number of methoxy groups -OCH3 is 1. The van der Waals surface area contributed by atoms with Crippen LogP contribution in [-0.4, -0.2) is 29.4 Å². The van der Waals surface area contributed by atoms with E-state index in [0.29, 0.717) is 6.61 Å². The molecule has 2 atom stereocenters. The Labute approximate surface area is 103 Å². The molecule has 0 aromatic carbocycles. The Morgan fingerprint density at radius 1 is 1.59 bits per heavy atom. The highest BCUT2D eigenvalue weighted by Gasteiger charge is 2.44. The Kier molecular flexibility index (Phi) is 3.50. The molecular weight excluding hydrogens is 214 g/mol. The normalized spacial score (nSPS) is 22.5. The van der Waals surface area contributed by atoms with Crippen LogP contribution in [0.3, 0.4) is 0 Å². The first kappa shape index (κ1) is 12.5. The molecule has 1 aliphatic carbocycles. The maximum Gasteiger partial charge on any atom is 0.0985 e. The molecule has 1 heterocycles. The second-order valence-electron chi connectivity index (χ2n) is 5.22. The van der Waals surface area contributed by atoms with Crippen molar-refractivity contribution in [3.8, 4) is 0 Å². The van der Waals surface area contributed by atoms with Gasteiger partial charge in [-0.25, -0.2) is 0 Å². The third-order valence-corrected chi connectivity index (χ3v) is 3.94. The highest BCUT2D eigenvalue weighted by atomic mass is 16.5. The minimum Gasteiger partial charge on any atom is -0.387 e. The quantitative estimate of drug-likeness (QED) is 0.869. The number of fused-ring (bicyclic) bond motifs is 1. The third-order valence-electron chi connectivity index (χ3n) is 3.94. The van der Waals surface area contributed by atoms with Crippen molar-refractivity contribution in [2.24, 2.45) is 5.92 Å². The Balaban J connectivity index is 2.34. The number of pyridine rings is 1. The summed E-state index contributed by atoms with van der Waals surface area (Å²) in [5.74, 6) is 0.249. The van der Waals surface area contributed by atoms with Crippen LogP contribution in [0.4, 0.5) is 0 Å². The topological polar surface area (TPSA) is 42.4 Å². The van der Waals surface area contributed by atoms with Crippen LogP contribution < -0.4 is 0 Å². The van der Waals surface area contributed by atoms with Crippen LogP contribution in [-0.2, 0) is 11.2 Å². The molecule has 1 aliphatic rings. The summed E-state index contributed by atoms with van der Waals surface area (Å²) in [6.45, 7) is 4.45. The van der Waals surface area contributed by atoms with E-state index < -0.39 is 5.60 Å². The lowest BCUT2D eigenvalue weighted by molar-refractivity contribution is -0.0843. The molecule has 2 rings (SSSR count). The Morgan fingerprint density at radius 2 is 2.35 bits per heavy atom. The van der Waals surface area contributed by atoms with Gasteiger partial charge < -0.3 is 9.84 Å². The first-order valence-electron chi connectivity index (χ1n) is 6.24. The number of hydrogen-bond acceptors (Lipinski definition) is 3. The summed E-state index contributed by atoms with van der Waals surface area (Å²) in [4.78, 5) is 4.46. The van der Waals surface area contributed by atoms with E-state index in [-0.39, 0.29) is 11.8 Å². The van der Waals surface area contributed by atoms with Crippen molar-refractivity contribution in [2.75, 3.05) is 13.7 Å². The predicted octanol–water partition coefficient (Wildman–Crippen LogP) is 2.14. The van der Waals surface area contributed by atoms with Gasteiger partial charge in [-0.2, -0.15) is 0 Å². The van der Waals surface area contributed by atoms with Crippen LogP contribution in [0.15, 0.2) is 18.3 Å². The molecule has 1 aromatic rings. The molecule has 0 radical (unpaired) electrons. The molecule has 1 aromatic heterocycles. The molecule has 3 nitrogen and oxygen atoms in total. The van der Waals surface area contributed by atoms with Crippen LogP contribution in [0.2, 0.25) is 0 Å². The number of aliphatic hydroxyl groups is 1. The van der Waals surface area contributed by atoms with Crippen molar-refractivity contribution in [1.82, 2.24) is 4.98 Å². The summed E-state index contributed by atoms with van der Waals surface area (Å²) < 4.78 is 5.22. The summed E-state index contributed by atoms with van der Waals surface area (Å²) >= 11 is 0. The molecule has 0 aliphatic heterocycles. The van der Waals surface area contributed by atoms with E-state index in [9.17, 15) is 5.11 Å². The summed E-state index contributed by atoms with van der Waals surface area (Å²) in [6.07, 6.45) is 3.78. The van der Waals surface area contributed by atoms with Crippen LogP contribution in [0.1, 0.15) is 37.4 Å². The van der Waals surface area contributed by atoms with Gasteiger partial charge in [-0.3, -0.25) is 4.98 Å². The lowest BCUT2D eigenvalue weighted by atomic mass is 9.77. The number of ether oxygens (including phenoxy) is 1. The molecule has 0 saturated carbocycles. The van der Waals surface area contributed by atoms with Crippen LogP contribution in [0, 0.1) is 5.92 Å². The fourth-order valence-electron chi connectivity index (χ4n) is 2.80. The highest BCUT2D eigenvalue weighted by molar-refractivity contribution is 5.31. The molecule has 2 unspecified atom stereocenters. The first-order chi connectivity index (χ1) is 8.09. The van der Waals surface area contributed by atoms with Gasteiger partial charge in [0.15, 0.2) is 0 Å². The van der Waals surface area contributed by atoms with Crippen molar-refractivity contribution in [1.29, 1.82) is 0 Å². The van der Waals surface area contributed by atoms with E-state index in [1.165, 1.54) is 5.56 Å². The molecule has 3 heteroatoms. The zero-order chi connectivity index (χ0) is 12.5. The van der Waals surface area contributed by atoms with Crippen molar-refractivity contribution in [3.63, 3.8) is 0 Å². The Morgan fingerprint density at radius 3 is 3.00 bits per heavy atom. The standard InChI is InChI=1S/C14H21NO2/c1-10(2)14(16,9-17-3)12-7-6-11-5-4-8-15-13(11)12/h4-5,8,10,12,16H,6-7,9H2,1-3H3. The predicted molar refractivity (Wildman–Crippen MR) is 67.0 cm³/mol. The summed E-state index contributed by atoms with van der Waals surface area (Å²) in [5, 5.41) is 10.9. The Hall–Kier alpha value is -0.930. The van der Waals surface area contributed by atoms with Crippen LogP contribution in [0.5, 0.6) is 0 Å². The van der Waals surface area contributed by atoms with Crippen molar-refractivity contribution < 1.29 is 9.84 Å². The van der Waals surface area contributed by atoms with Gasteiger partial charge in [0, 0.05) is 24.9 Å². The van der Waals surface area contributed by atoms with Gasteiger partial charge >= 0.3 is 0 Å². The lowest BCUT2D eigenvalue weighted by Crippen LogP contribution is -2.45. The summed E-state index contributed by atoms with van der Waals surface area (Å²) in [6, 6.07) is 4.07. The molecule has 0 bridgehead atoms. The molecule has 0 saturated heterocycles.